The van der Waals surface area contributed by atoms with E-state index in [0.29, 0.717) is 12.0 Å². The molecule has 1 aliphatic carbocycles. The Morgan fingerprint density at radius 2 is 2.21 bits per heavy atom. The summed E-state index contributed by atoms with van der Waals surface area (Å²) in [6.07, 6.45) is 4.77. The van der Waals surface area contributed by atoms with E-state index in [2.05, 4.69) is 0 Å². The van der Waals surface area contributed by atoms with E-state index in [9.17, 15) is 9.90 Å². The maximum absolute atomic E-state index is 11.5. The highest BCUT2D eigenvalue weighted by atomic mass is 16.6. The molecular weight excluding hydrogens is 180 g/mol. The highest BCUT2D eigenvalue weighted by Gasteiger charge is 2.21. The first-order chi connectivity index (χ1) is 6.38. The maximum Gasteiger partial charge on any atom is 0.334 e. The van der Waals surface area contributed by atoms with Gasteiger partial charge in [-0.05, 0) is 20.8 Å². The highest BCUT2D eigenvalue weighted by molar-refractivity contribution is 5.89. The van der Waals surface area contributed by atoms with Crippen molar-refractivity contribution in [2.75, 3.05) is 0 Å². The normalized spacial score (nSPS) is 21.7. The minimum atomic E-state index is -0.567. The SMILES string of the molecule is CC(C)(C)OC(=O)C1=CC=C[C@@H](O)C1. The first kappa shape index (κ1) is 11.0. The molecule has 1 rings (SSSR count). The van der Waals surface area contributed by atoms with Crippen LogP contribution in [0.5, 0.6) is 0 Å². The van der Waals surface area contributed by atoms with Gasteiger partial charge in [-0.25, -0.2) is 4.79 Å². The molecule has 1 aliphatic rings. The van der Waals surface area contributed by atoms with Crippen LogP contribution in [0.1, 0.15) is 27.2 Å². The molecule has 3 nitrogen and oxygen atoms in total. The Balaban J connectivity index is 2.62. The van der Waals surface area contributed by atoms with Gasteiger partial charge in [0.05, 0.1) is 6.10 Å². The summed E-state index contributed by atoms with van der Waals surface area (Å²) in [5.74, 6) is -0.346. The van der Waals surface area contributed by atoms with Gasteiger partial charge in [-0.1, -0.05) is 18.2 Å². The monoisotopic (exact) mass is 196 g/mol. The molecule has 0 heterocycles. The number of esters is 1. The van der Waals surface area contributed by atoms with Gasteiger partial charge in [0.15, 0.2) is 0 Å². The van der Waals surface area contributed by atoms with Gasteiger partial charge in [0.25, 0.3) is 0 Å². The van der Waals surface area contributed by atoms with E-state index in [1.165, 1.54) is 0 Å². The van der Waals surface area contributed by atoms with Gasteiger partial charge in [0, 0.05) is 12.0 Å². The van der Waals surface area contributed by atoms with Crippen LogP contribution in [0.3, 0.4) is 0 Å². The molecule has 0 aromatic carbocycles. The van der Waals surface area contributed by atoms with Crippen LogP contribution in [0.15, 0.2) is 23.8 Å². The van der Waals surface area contributed by atoms with Crippen LogP contribution < -0.4 is 0 Å². The first-order valence-corrected chi connectivity index (χ1v) is 4.67. The zero-order valence-corrected chi connectivity index (χ0v) is 8.78. The van der Waals surface area contributed by atoms with E-state index >= 15 is 0 Å². The predicted octanol–water partition coefficient (Wildman–Crippen LogP) is 1.58. The minimum Gasteiger partial charge on any atom is -0.457 e. The molecule has 0 saturated carbocycles. The Bertz CT molecular complexity index is 281. The van der Waals surface area contributed by atoms with Crippen molar-refractivity contribution in [1.82, 2.24) is 0 Å². The molecule has 0 aromatic rings. The topological polar surface area (TPSA) is 46.5 Å². The summed E-state index contributed by atoms with van der Waals surface area (Å²) < 4.78 is 5.17. The number of hydrogen-bond acceptors (Lipinski definition) is 3. The van der Waals surface area contributed by atoms with E-state index in [1.807, 2.05) is 20.8 Å². The second-order valence-electron chi connectivity index (χ2n) is 4.35. The summed E-state index contributed by atoms with van der Waals surface area (Å²) in [5, 5.41) is 9.29. The Hall–Kier alpha value is -1.09. The van der Waals surface area contributed by atoms with Crippen molar-refractivity contribution >= 4 is 5.97 Å². The second kappa shape index (κ2) is 3.96. The molecule has 1 atom stereocenters. The molecule has 0 amide bonds. The maximum atomic E-state index is 11.5. The third-order valence-electron chi connectivity index (χ3n) is 1.72. The summed E-state index contributed by atoms with van der Waals surface area (Å²) in [6, 6.07) is 0. The predicted molar refractivity (Wildman–Crippen MR) is 53.7 cm³/mol. The lowest BCUT2D eigenvalue weighted by Gasteiger charge is -2.21. The van der Waals surface area contributed by atoms with Crippen molar-refractivity contribution in [2.24, 2.45) is 0 Å². The summed E-state index contributed by atoms with van der Waals surface area (Å²) in [5.41, 5.74) is 0.0410. The molecule has 0 spiro atoms. The van der Waals surface area contributed by atoms with E-state index in [-0.39, 0.29) is 5.97 Å². The van der Waals surface area contributed by atoms with Crippen LogP contribution >= 0.6 is 0 Å². The molecule has 3 heteroatoms. The molecule has 78 valence electrons. The molecule has 0 saturated heterocycles. The standard InChI is InChI=1S/C11H16O3/c1-11(2,3)14-10(13)8-5-4-6-9(12)7-8/h4-6,9,12H,7H2,1-3H3/t9-/m1/s1. The van der Waals surface area contributed by atoms with Crippen molar-refractivity contribution in [1.29, 1.82) is 0 Å². The van der Waals surface area contributed by atoms with E-state index < -0.39 is 11.7 Å². The number of hydrogen-bond donors (Lipinski definition) is 1. The molecule has 1 N–H and O–H groups in total. The van der Waals surface area contributed by atoms with Crippen molar-refractivity contribution in [2.45, 2.75) is 38.9 Å². The van der Waals surface area contributed by atoms with E-state index in [4.69, 9.17) is 4.74 Å². The summed E-state index contributed by atoms with van der Waals surface area (Å²) in [7, 11) is 0. The summed E-state index contributed by atoms with van der Waals surface area (Å²) in [4.78, 5) is 11.5. The third kappa shape index (κ3) is 3.34. The Morgan fingerprint density at radius 1 is 1.57 bits per heavy atom. The molecule has 0 unspecified atom stereocenters. The van der Waals surface area contributed by atoms with Gasteiger partial charge < -0.3 is 9.84 Å². The molecule has 0 aromatic heterocycles. The fourth-order valence-electron chi connectivity index (χ4n) is 1.16. The number of allylic oxidation sites excluding steroid dienone is 2. The molecule has 0 fully saturated rings. The lowest BCUT2D eigenvalue weighted by molar-refractivity contribution is -0.150. The van der Waals surface area contributed by atoms with Crippen molar-refractivity contribution in [3.05, 3.63) is 23.8 Å². The van der Waals surface area contributed by atoms with Crippen LogP contribution in [-0.2, 0) is 9.53 Å². The summed E-state index contributed by atoms with van der Waals surface area (Å²) >= 11 is 0. The summed E-state index contributed by atoms with van der Waals surface area (Å²) in [6.45, 7) is 5.46. The van der Waals surface area contributed by atoms with Crippen LogP contribution in [0.2, 0.25) is 0 Å². The van der Waals surface area contributed by atoms with Gasteiger partial charge in [-0.3, -0.25) is 0 Å². The van der Waals surface area contributed by atoms with Gasteiger partial charge in [-0.15, -0.1) is 0 Å². The Kier molecular flexibility index (Phi) is 3.11. The van der Waals surface area contributed by atoms with Crippen molar-refractivity contribution < 1.29 is 14.6 Å². The van der Waals surface area contributed by atoms with E-state index in [0.717, 1.165) is 0 Å². The number of carbonyl (C=O) groups excluding carboxylic acids is 1. The smallest absolute Gasteiger partial charge is 0.334 e. The Morgan fingerprint density at radius 3 is 2.71 bits per heavy atom. The van der Waals surface area contributed by atoms with Gasteiger partial charge >= 0.3 is 5.97 Å². The number of aliphatic hydroxyl groups is 1. The molecule has 14 heavy (non-hydrogen) atoms. The molecule has 0 bridgehead atoms. The molecular formula is C11H16O3. The van der Waals surface area contributed by atoms with Crippen LogP contribution in [0.4, 0.5) is 0 Å². The lowest BCUT2D eigenvalue weighted by Crippen LogP contribution is -2.26. The zero-order chi connectivity index (χ0) is 10.8. The number of rotatable bonds is 1. The molecule has 0 aliphatic heterocycles. The van der Waals surface area contributed by atoms with Gasteiger partial charge in [0.2, 0.25) is 0 Å². The average Bonchev–Trinajstić information content (AvgIpc) is 2.01. The number of aliphatic hydroxyl groups excluding tert-OH is 1. The quantitative estimate of drug-likeness (QED) is 0.647. The van der Waals surface area contributed by atoms with Gasteiger partial charge in [-0.2, -0.15) is 0 Å². The second-order valence-corrected chi connectivity index (χ2v) is 4.35. The fourth-order valence-corrected chi connectivity index (χ4v) is 1.16. The van der Waals surface area contributed by atoms with Crippen LogP contribution in [-0.4, -0.2) is 22.8 Å². The van der Waals surface area contributed by atoms with Crippen molar-refractivity contribution in [3.63, 3.8) is 0 Å². The number of carbonyl (C=O) groups is 1. The lowest BCUT2D eigenvalue weighted by atomic mass is 10.0. The molecule has 0 radical (unpaired) electrons. The zero-order valence-electron chi connectivity index (χ0n) is 8.78. The van der Waals surface area contributed by atoms with Gasteiger partial charge in [0.1, 0.15) is 5.60 Å². The van der Waals surface area contributed by atoms with E-state index in [1.54, 1.807) is 18.2 Å². The first-order valence-electron chi connectivity index (χ1n) is 4.67. The van der Waals surface area contributed by atoms with Crippen molar-refractivity contribution in [3.8, 4) is 0 Å². The third-order valence-corrected chi connectivity index (χ3v) is 1.72. The highest BCUT2D eigenvalue weighted by Crippen LogP contribution is 2.17. The Labute approximate surface area is 84.1 Å². The number of ether oxygens (including phenoxy) is 1. The van der Waals surface area contributed by atoms with Crippen LogP contribution in [0.25, 0.3) is 0 Å². The van der Waals surface area contributed by atoms with Crippen LogP contribution in [0, 0.1) is 0 Å². The minimum absolute atomic E-state index is 0.339. The largest absolute Gasteiger partial charge is 0.457 e. The fraction of sp³-hybridized carbons (Fsp3) is 0.545. The average molecular weight is 196 g/mol.